The lowest BCUT2D eigenvalue weighted by atomic mass is 9.97. The van der Waals surface area contributed by atoms with Gasteiger partial charge in [-0.2, -0.15) is 0 Å². The fourth-order valence-electron chi connectivity index (χ4n) is 3.60. The minimum absolute atomic E-state index is 0.0639. The lowest BCUT2D eigenvalue weighted by molar-refractivity contribution is -0.125. The van der Waals surface area contributed by atoms with Crippen LogP contribution in [0.2, 0.25) is 0 Å². The minimum Gasteiger partial charge on any atom is -0.354 e. The Bertz CT molecular complexity index is 945. The summed E-state index contributed by atoms with van der Waals surface area (Å²) in [5, 5.41) is 11.7. The quantitative estimate of drug-likeness (QED) is 0.720. The SMILES string of the molecule is O=C(NCc1ccccc1)C1CCCN(c2ccc(-c3ccc(F)cc3)nn2)C1. The molecule has 2 heterocycles. The number of nitrogens with one attached hydrogen (secondary N) is 1. The number of benzene rings is 2. The summed E-state index contributed by atoms with van der Waals surface area (Å²) in [4.78, 5) is 14.7. The highest BCUT2D eigenvalue weighted by atomic mass is 19.1. The van der Waals surface area contributed by atoms with Gasteiger partial charge in [0.1, 0.15) is 5.82 Å². The highest BCUT2D eigenvalue weighted by Crippen LogP contribution is 2.23. The highest BCUT2D eigenvalue weighted by Gasteiger charge is 2.26. The van der Waals surface area contributed by atoms with Crippen molar-refractivity contribution < 1.29 is 9.18 Å². The van der Waals surface area contributed by atoms with Crippen LogP contribution in [-0.2, 0) is 11.3 Å². The van der Waals surface area contributed by atoms with E-state index in [0.29, 0.717) is 18.8 Å². The molecule has 4 rings (SSSR count). The maximum absolute atomic E-state index is 13.1. The molecule has 29 heavy (non-hydrogen) atoms. The van der Waals surface area contributed by atoms with E-state index in [2.05, 4.69) is 20.4 Å². The van der Waals surface area contributed by atoms with Crippen LogP contribution in [-0.4, -0.2) is 29.2 Å². The zero-order valence-electron chi connectivity index (χ0n) is 16.1. The first kappa shape index (κ1) is 19.1. The third kappa shape index (κ3) is 4.77. The van der Waals surface area contributed by atoms with Crippen LogP contribution < -0.4 is 10.2 Å². The Morgan fingerprint density at radius 3 is 2.55 bits per heavy atom. The van der Waals surface area contributed by atoms with E-state index in [4.69, 9.17) is 0 Å². The number of carbonyl (C=O) groups is 1. The number of aromatic nitrogens is 2. The molecule has 1 saturated heterocycles. The summed E-state index contributed by atoms with van der Waals surface area (Å²) >= 11 is 0. The maximum Gasteiger partial charge on any atom is 0.225 e. The number of amides is 1. The molecule has 0 aliphatic carbocycles. The lowest BCUT2D eigenvalue weighted by Crippen LogP contribution is -2.43. The molecule has 3 aromatic rings. The van der Waals surface area contributed by atoms with Crippen molar-refractivity contribution in [3.63, 3.8) is 0 Å². The number of piperidine rings is 1. The molecular formula is C23H23FN4O. The molecule has 1 unspecified atom stereocenters. The van der Waals surface area contributed by atoms with Gasteiger partial charge in [-0.05, 0) is 54.8 Å². The predicted molar refractivity (Wildman–Crippen MR) is 111 cm³/mol. The van der Waals surface area contributed by atoms with Gasteiger partial charge in [-0.25, -0.2) is 4.39 Å². The molecule has 1 N–H and O–H groups in total. The number of nitrogens with zero attached hydrogens (tertiary/aromatic N) is 3. The molecule has 1 aliphatic rings. The van der Waals surface area contributed by atoms with Gasteiger partial charge < -0.3 is 10.2 Å². The molecule has 148 valence electrons. The van der Waals surface area contributed by atoms with Crippen LogP contribution in [0.3, 0.4) is 0 Å². The summed E-state index contributed by atoms with van der Waals surface area (Å²) in [6.07, 6.45) is 1.81. The van der Waals surface area contributed by atoms with Crippen LogP contribution in [0.4, 0.5) is 10.2 Å². The average Bonchev–Trinajstić information content (AvgIpc) is 2.79. The molecule has 0 bridgehead atoms. The highest BCUT2D eigenvalue weighted by molar-refractivity contribution is 5.79. The van der Waals surface area contributed by atoms with Crippen LogP contribution in [0.25, 0.3) is 11.3 Å². The standard InChI is InChI=1S/C23H23FN4O/c24-20-10-8-18(9-11-20)21-12-13-22(27-26-21)28-14-4-7-19(16-28)23(29)25-15-17-5-2-1-3-6-17/h1-3,5-6,8-13,19H,4,7,14-16H2,(H,25,29). The van der Waals surface area contributed by atoms with Gasteiger partial charge in [0, 0.05) is 25.2 Å². The van der Waals surface area contributed by atoms with E-state index in [1.807, 2.05) is 42.5 Å². The van der Waals surface area contributed by atoms with Gasteiger partial charge >= 0.3 is 0 Å². The average molecular weight is 390 g/mol. The summed E-state index contributed by atoms with van der Waals surface area (Å²) in [5.41, 5.74) is 2.61. The Kier molecular flexibility index (Phi) is 5.79. The Balaban J connectivity index is 1.37. The van der Waals surface area contributed by atoms with E-state index in [1.165, 1.54) is 12.1 Å². The molecule has 1 aliphatic heterocycles. The van der Waals surface area contributed by atoms with Crippen molar-refractivity contribution in [3.8, 4) is 11.3 Å². The van der Waals surface area contributed by atoms with Crippen molar-refractivity contribution in [1.82, 2.24) is 15.5 Å². The zero-order valence-corrected chi connectivity index (χ0v) is 16.1. The van der Waals surface area contributed by atoms with Gasteiger partial charge in [-0.1, -0.05) is 30.3 Å². The zero-order chi connectivity index (χ0) is 20.1. The topological polar surface area (TPSA) is 58.1 Å². The van der Waals surface area contributed by atoms with Gasteiger partial charge in [0.2, 0.25) is 5.91 Å². The number of rotatable bonds is 5. The van der Waals surface area contributed by atoms with Crippen LogP contribution in [0.15, 0.2) is 66.7 Å². The van der Waals surface area contributed by atoms with Crippen molar-refractivity contribution in [2.75, 3.05) is 18.0 Å². The van der Waals surface area contributed by atoms with E-state index in [1.54, 1.807) is 12.1 Å². The van der Waals surface area contributed by atoms with Gasteiger partial charge in [-0.15, -0.1) is 10.2 Å². The summed E-state index contributed by atoms with van der Waals surface area (Å²) in [6.45, 7) is 2.03. The van der Waals surface area contributed by atoms with Crippen molar-refractivity contribution in [2.24, 2.45) is 5.92 Å². The molecule has 0 saturated carbocycles. The summed E-state index contributed by atoms with van der Waals surface area (Å²) in [5.74, 6) is 0.500. The van der Waals surface area contributed by atoms with E-state index < -0.39 is 0 Å². The monoisotopic (exact) mass is 390 g/mol. The third-order valence-corrected chi connectivity index (χ3v) is 5.22. The van der Waals surface area contributed by atoms with E-state index >= 15 is 0 Å². The van der Waals surface area contributed by atoms with E-state index in [0.717, 1.165) is 36.3 Å². The Labute approximate surface area is 169 Å². The first-order chi connectivity index (χ1) is 14.2. The lowest BCUT2D eigenvalue weighted by Gasteiger charge is -2.32. The summed E-state index contributed by atoms with van der Waals surface area (Å²) in [7, 11) is 0. The van der Waals surface area contributed by atoms with E-state index in [9.17, 15) is 9.18 Å². The molecule has 2 aromatic carbocycles. The first-order valence-electron chi connectivity index (χ1n) is 9.85. The van der Waals surface area contributed by atoms with Crippen molar-refractivity contribution in [3.05, 3.63) is 78.1 Å². The first-order valence-corrected chi connectivity index (χ1v) is 9.85. The number of carbonyl (C=O) groups excluding carboxylic acids is 1. The molecule has 5 nitrogen and oxygen atoms in total. The molecule has 0 radical (unpaired) electrons. The Hall–Kier alpha value is -3.28. The molecule has 1 aromatic heterocycles. The number of hydrogen-bond donors (Lipinski definition) is 1. The van der Waals surface area contributed by atoms with Gasteiger partial charge in [0.15, 0.2) is 5.82 Å². The van der Waals surface area contributed by atoms with Crippen LogP contribution in [0.1, 0.15) is 18.4 Å². The van der Waals surface area contributed by atoms with Gasteiger partial charge in [0.25, 0.3) is 0 Å². The Morgan fingerprint density at radius 1 is 1.03 bits per heavy atom. The van der Waals surface area contributed by atoms with Crippen molar-refractivity contribution >= 4 is 11.7 Å². The maximum atomic E-state index is 13.1. The van der Waals surface area contributed by atoms with Gasteiger partial charge in [0.05, 0.1) is 11.6 Å². The number of anilines is 1. The van der Waals surface area contributed by atoms with Crippen molar-refractivity contribution in [2.45, 2.75) is 19.4 Å². The summed E-state index contributed by atoms with van der Waals surface area (Å²) in [6, 6.07) is 19.9. The van der Waals surface area contributed by atoms with Crippen LogP contribution >= 0.6 is 0 Å². The molecule has 6 heteroatoms. The normalized spacial score (nSPS) is 16.4. The van der Waals surface area contributed by atoms with Crippen LogP contribution in [0, 0.1) is 11.7 Å². The number of hydrogen-bond acceptors (Lipinski definition) is 4. The third-order valence-electron chi connectivity index (χ3n) is 5.22. The van der Waals surface area contributed by atoms with Crippen molar-refractivity contribution in [1.29, 1.82) is 0 Å². The molecule has 0 spiro atoms. The molecule has 1 amide bonds. The second-order valence-electron chi connectivity index (χ2n) is 7.27. The van der Waals surface area contributed by atoms with Gasteiger partial charge in [-0.3, -0.25) is 4.79 Å². The largest absolute Gasteiger partial charge is 0.354 e. The minimum atomic E-state index is -0.275. The fourth-order valence-corrected chi connectivity index (χ4v) is 3.60. The smallest absolute Gasteiger partial charge is 0.225 e. The predicted octanol–water partition coefficient (Wildman–Crippen LogP) is 3.82. The number of halogens is 1. The van der Waals surface area contributed by atoms with Crippen LogP contribution in [0.5, 0.6) is 0 Å². The second kappa shape index (κ2) is 8.82. The molecular weight excluding hydrogens is 367 g/mol. The molecule has 1 atom stereocenters. The van der Waals surface area contributed by atoms with E-state index in [-0.39, 0.29) is 17.6 Å². The fraction of sp³-hybridized carbons (Fsp3) is 0.261. The molecule has 1 fully saturated rings. The Morgan fingerprint density at radius 2 is 1.83 bits per heavy atom. The second-order valence-corrected chi connectivity index (χ2v) is 7.27. The summed E-state index contributed by atoms with van der Waals surface area (Å²) < 4.78 is 13.1.